The number of likely N-dealkylation sites (tertiary alicyclic amines) is 1. The molecule has 0 amide bonds. The van der Waals surface area contributed by atoms with E-state index >= 15 is 0 Å². The molecule has 1 fully saturated rings. The summed E-state index contributed by atoms with van der Waals surface area (Å²) in [6, 6.07) is 15.1. The Balaban J connectivity index is 0.00000560. The highest BCUT2D eigenvalue weighted by Gasteiger charge is 2.29. The van der Waals surface area contributed by atoms with Crippen LogP contribution in [-0.4, -0.2) is 43.4 Å². The average Bonchev–Trinajstić information content (AvgIpc) is 2.98. The number of hydrogen-bond acceptors (Lipinski definition) is 5. The van der Waals surface area contributed by atoms with Gasteiger partial charge in [-0.25, -0.2) is 4.39 Å². The molecule has 2 aromatic rings. The van der Waals surface area contributed by atoms with Gasteiger partial charge in [-0.05, 0) is 86.5 Å². The van der Waals surface area contributed by atoms with Crippen LogP contribution in [0, 0.1) is 23.1 Å². The first-order chi connectivity index (χ1) is 19.0. The monoisotopic (exact) mass is 574 g/mol. The van der Waals surface area contributed by atoms with Gasteiger partial charge in [0, 0.05) is 6.04 Å². The van der Waals surface area contributed by atoms with Crippen molar-refractivity contribution in [1.82, 2.24) is 4.90 Å². The van der Waals surface area contributed by atoms with Gasteiger partial charge in [0.05, 0.1) is 32.3 Å². The van der Waals surface area contributed by atoms with Crippen LogP contribution in [-0.2, 0) is 0 Å². The van der Waals surface area contributed by atoms with Gasteiger partial charge in [0.1, 0.15) is 5.82 Å². The van der Waals surface area contributed by atoms with Gasteiger partial charge in [-0.1, -0.05) is 63.6 Å². The SMILES string of the molecule is CCCCCC(CCCCCC(C#N)c1ccc(OC)c(OC)c1)N1CCC(C(O)c2ccc(F)cc2)CC1.Cl. The van der Waals surface area contributed by atoms with Crippen LogP contribution in [0.2, 0.25) is 0 Å². The van der Waals surface area contributed by atoms with E-state index in [4.69, 9.17) is 9.47 Å². The fourth-order valence-electron chi connectivity index (χ4n) is 5.95. The zero-order valence-corrected chi connectivity index (χ0v) is 25.3. The maximum atomic E-state index is 13.3. The summed E-state index contributed by atoms with van der Waals surface area (Å²) in [7, 11) is 3.24. The van der Waals surface area contributed by atoms with E-state index in [9.17, 15) is 14.8 Å². The normalized spacial score (nSPS) is 16.4. The number of nitrogens with zero attached hydrogens (tertiary/aromatic N) is 2. The molecule has 0 bridgehead atoms. The Kier molecular flexibility index (Phi) is 15.4. The first-order valence-corrected chi connectivity index (χ1v) is 14.8. The molecule has 7 heteroatoms. The largest absolute Gasteiger partial charge is 0.493 e. The lowest BCUT2D eigenvalue weighted by atomic mass is 9.86. The summed E-state index contributed by atoms with van der Waals surface area (Å²) in [5, 5.41) is 20.6. The Morgan fingerprint density at radius 3 is 2.10 bits per heavy atom. The first kappa shape index (κ1) is 33.9. The Hall–Kier alpha value is -2.33. The third kappa shape index (κ3) is 9.94. The number of unbranched alkanes of at least 4 members (excludes halogenated alkanes) is 4. The standard InChI is InChI=1S/C33H47FN2O3.ClH/c1-4-5-7-11-30(36-21-19-26(20-22-36)33(37)25-13-16-29(34)17-14-25)12-9-6-8-10-28(24-35)27-15-18-31(38-2)32(23-27)39-3;/h13-18,23,26,28,30,33,37H,4-12,19-22H2,1-3H3;1H. The summed E-state index contributed by atoms with van der Waals surface area (Å²) < 4.78 is 24.0. The molecule has 1 heterocycles. The summed E-state index contributed by atoms with van der Waals surface area (Å²) in [5.41, 5.74) is 1.80. The number of hydrogen-bond donors (Lipinski definition) is 1. The third-order valence-corrected chi connectivity index (χ3v) is 8.39. The van der Waals surface area contributed by atoms with Gasteiger partial charge in [0.25, 0.3) is 0 Å². The average molecular weight is 575 g/mol. The fraction of sp³-hybridized carbons (Fsp3) is 0.606. The second-order valence-corrected chi connectivity index (χ2v) is 11.0. The maximum Gasteiger partial charge on any atom is 0.161 e. The van der Waals surface area contributed by atoms with Gasteiger partial charge >= 0.3 is 0 Å². The number of aliphatic hydroxyl groups excluding tert-OH is 1. The van der Waals surface area contributed by atoms with E-state index in [1.807, 2.05) is 18.2 Å². The molecule has 3 unspecified atom stereocenters. The third-order valence-electron chi connectivity index (χ3n) is 8.39. The minimum Gasteiger partial charge on any atom is -0.493 e. The predicted octanol–water partition coefficient (Wildman–Crippen LogP) is 8.22. The van der Waals surface area contributed by atoms with Gasteiger partial charge < -0.3 is 19.5 Å². The number of aliphatic hydroxyl groups is 1. The first-order valence-electron chi connectivity index (χ1n) is 14.8. The van der Waals surface area contributed by atoms with Crippen LogP contribution in [0.25, 0.3) is 0 Å². The molecule has 3 atom stereocenters. The Morgan fingerprint density at radius 2 is 1.50 bits per heavy atom. The molecule has 3 rings (SSSR count). The molecule has 1 saturated heterocycles. The summed E-state index contributed by atoms with van der Waals surface area (Å²) in [5.74, 6) is 1.17. The maximum absolute atomic E-state index is 13.3. The van der Waals surface area contributed by atoms with Crippen LogP contribution in [0.5, 0.6) is 11.5 Å². The van der Waals surface area contributed by atoms with Crippen LogP contribution >= 0.6 is 12.4 Å². The predicted molar refractivity (Wildman–Crippen MR) is 162 cm³/mol. The molecule has 2 aromatic carbocycles. The van der Waals surface area contributed by atoms with Crippen molar-refractivity contribution in [3.05, 3.63) is 59.4 Å². The minimum absolute atomic E-state index is 0. The van der Waals surface area contributed by atoms with Crippen LogP contribution in [0.15, 0.2) is 42.5 Å². The number of methoxy groups -OCH3 is 2. The molecule has 0 saturated carbocycles. The van der Waals surface area contributed by atoms with E-state index in [0.29, 0.717) is 17.5 Å². The van der Waals surface area contributed by atoms with Crippen molar-refractivity contribution in [2.24, 2.45) is 5.92 Å². The van der Waals surface area contributed by atoms with E-state index in [2.05, 4.69) is 17.9 Å². The molecule has 5 nitrogen and oxygen atoms in total. The number of rotatable bonds is 16. The van der Waals surface area contributed by atoms with Gasteiger partial charge in [0.15, 0.2) is 11.5 Å². The van der Waals surface area contributed by atoms with Crippen LogP contribution in [0.1, 0.15) is 101 Å². The topological polar surface area (TPSA) is 65.7 Å². The summed E-state index contributed by atoms with van der Waals surface area (Å²) >= 11 is 0. The number of nitriles is 1. The fourth-order valence-corrected chi connectivity index (χ4v) is 5.95. The van der Waals surface area contributed by atoms with Crippen molar-refractivity contribution in [3.63, 3.8) is 0 Å². The molecule has 1 N–H and O–H groups in total. The molecular formula is C33H48ClFN2O3. The zero-order valence-electron chi connectivity index (χ0n) is 24.5. The minimum atomic E-state index is -0.523. The van der Waals surface area contributed by atoms with Gasteiger partial charge in [-0.15, -0.1) is 12.4 Å². The van der Waals surface area contributed by atoms with Crippen LogP contribution in [0.3, 0.4) is 0 Å². The Bertz CT molecular complexity index is 1020. The lowest BCUT2D eigenvalue weighted by Gasteiger charge is -2.39. The Labute approximate surface area is 247 Å². The Morgan fingerprint density at radius 1 is 0.900 bits per heavy atom. The molecule has 0 aliphatic carbocycles. The van der Waals surface area contributed by atoms with Gasteiger partial charge in [-0.3, -0.25) is 0 Å². The van der Waals surface area contributed by atoms with Crippen molar-refractivity contribution < 1.29 is 19.0 Å². The second kappa shape index (κ2) is 18.2. The summed E-state index contributed by atoms with van der Waals surface area (Å²) in [6.45, 7) is 4.27. The molecular weight excluding hydrogens is 527 g/mol. The van der Waals surface area contributed by atoms with E-state index in [1.54, 1.807) is 26.4 Å². The van der Waals surface area contributed by atoms with Crippen molar-refractivity contribution in [1.29, 1.82) is 5.26 Å². The quantitative estimate of drug-likeness (QED) is 0.205. The van der Waals surface area contributed by atoms with E-state index in [0.717, 1.165) is 56.3 Å². The lowest BCUT2D eigenvalue weighted by Crippen LogP contribution is -2.42. The number of halogens is 2. The van der Waals surface area contributed by atoms with Gasteiger partial charge in [-0.2, -0.15) is 5.26 Å². The number of ether oxygens (including phenoxy) is 2. The van der Waals surface area contributed by atoms with Crippen LogP contribution in [0.4, 0.5) is 4.39 Å². The van der Waals surface area contributed by atoms with E-state index < -0.39 is 6.10 Å². The molecule has 0 aromatic heterocycles. The molecule has 0 radical (unpaired) electrons. The molecule has 0 spiro atoms. The summed E-state index contributed by atoms with van der Waals surface area (Å²) in [6.07, 6.45) is 11.7. The van der Waals surface area contributed by atoms with Crippen molar-refractivity contribution >= 4 is 12.4 Å². The highest BCUT2D eigenvalue weighted by Crippen LogP contribution is 2.34. The van der Waals surface area contributed by atoms with E-state index in [1.165, 1.54) is 50.7 Å². The van der Waals surface area contributed by atoms with Gasteiger partial charge in [0.2, 0.25) is 0 Å². The van der Waals surface area contributed by atoms with E-state index in [-0.39, 0.29) is 30.1 Å². The molecule has 1 aliphatic heterocycles. The highest BCUT2D eigenvalue weighted by atomic mass is 35.5. The molecule has 222 valence electrons. The smallest absolute Gasteiger partial charge is 0.161 e. The highest BCUT2D eigenvalue weighted by molar-refractivity contribution is 5.85. The molecule has 1 aliphatic rings. The van der Waals surface area contributed by atoms with Crippen molar-refractivity contribution in [3.8, 4) is 17.6 Å². The number of benzene rings is 2. The van der Waals surface area contributed by atoms with Crippen molar-refractivity contribution in [2.45, 2.75) is 95.6 Å². The second-order valence-electron chi connectivity index (χ2n) is 11.0. The zero-order chi connectivity index (χ0) is 28.0. The van der Waals surface area contributed by atoms with Crippen molar-refractivity contribution in [2.75, 3.05) is 27.3 Å². The lowest BCUT2D eigenvalue weighted by molar-refractivity contribution is 0.0407. The number of piperidine rings is 1. The summed E-state index contributed by atoms with van der Waals surface area (Å²) in [4.78, 5) is 2.64. The van der Waals surface area contributed by atoms with Crippen LogP contribution < -0.4 is 9.47 Å². The molecule has 40 heavy (non-hydrogen) atoms.